The predicted molar refractivity (Wildman–Crippen MR) is 61.2 cm³/mol. The molecule has 92 valence electrons. The minimum absolute atomic E-state index is 0.214. The minimum atomic E-state index is -0.705. The summed E-state index contributed by atoms with van der Waals surface area (Å²) in [5, 5.41) is 12.1. The summed E-state index contributed by atoms with van der Waals surface area (Å²) in [6.07, 6.45) is 4.18. The molecule has 0 spiro atoms. The molecule has 1 fully saturated rings. The Hall–Kier alpha value is -1.65. The van der Waals surface area contributed by atoms with E-state index in [1.807, 2.05) is 0 Å². The number of nitrogens with zero attached hydrogens (tertiary/aromatic N) is 1. The van der Waals surface area contributed by atoms with Crippen molar-refractivity contribution in [3.05, 3.63) is 24.1 Å². The van der Waals surface area contributed by atoms with Gasteiger partial charge in [0.05, 0.1) is 12.1 Å². The quantitative estimate of drug-likeness (QED) is 0.848. The van der Waals surface area contributed by atoms with Gasteiger partial charge in [0.15, 0.2) is 0 Å². The first-order chi connectivity index (χ1) is 8.15. The summed E-state index contributed by atoms with van der Waals surface area (Å²) >= 11 is 0. The number of carboxylic acid groups (broad SMARTS) is 1. The zero-order valence-corrected chi connectivity index (χ0v) is 9.40. The van der Waals surface area contributed by atoms with Crippen LogP contribution in [-0.4, -0.2) is 22.1 Å². The molecule has 17 heavy (non-hydrogen) atoms. The van der Waals surface area contributed by atoms with E-state index in [1.165, 1.54) is 12.3 Å². The maximum atomic E-state index is 12.6. The predicted octanol–water partition coefficient (Wildman–Crippen LogP) is 2.28. The summed E-state index contributed by atoms with van der Waals surface area (Å²) < 4.78 is 12.6. The normalized spacial score (nSPS) is 24.3. The molecule has 1 heterocycles. The molecule has 0 aromatic carbocycles. The van der Waals surface area contributed by atoms with Crippen LogP contribution in [0.5, 0.6) is 0 Å². The Labute approximate surface area is 98.9 Å². The van der Waals surface area contributed by atoms with E-state index in [9.17, 15) is 9.18 Å². The number of carboxylic acids is 1. The van der Waals surface area contributed by atoms with Crippen molar-refractivity contribution in [2.75, 3.05) is 5.32 Å². The van der Waals surface area contributed by atoms with Crippen LogP contribution >= 0.6 is 0 Å². The first-order valence-corrected chi connectivity index (χ1v) is 5.76. The molecule has 0 bridgehead atoms. The van der Waals surface area contributed by atoms with E-state index in [0.29, 0.717) is 18.7 Å². The van der Waals surface area contributed by atoms with Crippen LogP contribution in [0.15, 0.2) is 18.3 Å². The van der Waals surface area contributed by atoms with Crippen LogP contribution in [0.2, 0.25) is 0 Å². The number of halogens is 1. The maximum Gasteiger partial charge on any atom is 0.306 e. The third-order valence-corrected chi connectivity index (χ3v) is 3.16. The molecule has 5 heteroatoms. The van der Waals surface area contributed by atoms with Gasteiger partial charge in [-0.25, -0.2) is 9.37 Å². The lowest BCUT2D eigenvalue weighted by molar-refractivity contribution is -0.142. The third kappa shape index (κ3) is 3.15. The molecule has 4 nitrogen and oxygen atoms in total. The van der Waals surface area contributed by atoms with Gasteiger partial charge in [-0.3, -0.25) is 4.79 Å². The van der Waals surface area contributed by atoms with Gasteiger partial charge in [0.1, 0.15) is 11.6 Å². The first kappa shape index (κ1) is 11.8. The van der Waals surface area contributed by atoms with Crippen molar-refractivity contribution in [3.8, 4) is 0 Å². The largest absolute Gasteiger partial charge is 0.481 e. The van der Waals surface area contributed by atoms with Crippen molar-refractivity contribution in [2.24, 2.45) is 5.92 Å². The van der Waals surface area contributed by atoms with Gasteiger partial charge in [-0.1, -0.05) is 0 Å². The van der Waals surface area contributed by atoms with E-state index in [2.05, 4.69) is 10.3 Å². The van der Waals surface area contributed by atoms with Crippen LogP contribution in [0.1, 0.15) is 25.7 Å². The molecule has 0 atom stereocenters. The average Bonchev–Trinajstić information content (AvgIpc) is 2.33. The second-order valence-electron chi connectivity index (χ2n) is 4.39. The SMILES string of the molecule is O=C(O)C1CCC(Nc2ccc(F)cn2)CC1. The third-order valence-electron chi connectivity index (χ3n) is 3.16. The molecule has 1 aliphatic carbocycles. The minimum Gasteiger partial charge on any atom is -0.481 e. The number of aromatic nitrogens is 1. The Morgan fingerprint density at radius 3 is 2.59 bits per heavy atom. The molecule has 2 N–H and O–H groups in total. The molecular formula is C12H15FN2O2. The lowest BCUT2D eigenvalue weighted by Gasteiger charge is -2.27. The van der Waals surface area contributed by atoms with E-state index in [0.717, 1.165) is 12.8 Å². The highest BCUT2D eigenvalue weighted by Crippen LogP contribution is 2.26. The van der Waals surface area contributed by atoms with Crippen LogP contribution in [0.25, 0.3) is 0 Å². The summed E-state index contributed by atoms with van der Waals surface area (Å²) in [5.41, 5.74) is 0. The highest BCUT2D eigenvalue weighted by Gasteiger charge is 2.25. The van der Waals surface area contributed by atoms with E-state index in [4.69, 9.17) is 5.11 Å². The summed E-state index contributed by atoms with van der Waals surface area (Å²) in [6, 6.07) is 3.19. The zero-order chi connectivity index (χ0) is 12.3. The lowest BCUT2D eigenvalue weighted by Crippen LogP contribution is -2.29. The van der Waals surface area contributed by atoms with Gasteiger partial charge in [0, 0.05) is 6.04 Å². The van der Waals surface area contributed by atoms with Crippen molar-refractivity contribution in [1.82, 2.24) is 4.98 Å². The number of aliphatic carboxylic acids is 1. The Kier molecular flexibility index (Phi) is 3.56. The van der Waals surface area contributed by atoms with Crippen molar-refractivity contribution in [2.45, 2.75) is 31.7 Å². The molecule has 0 amide bonds. The Balaban J connectivity index is 1.85. The summed E-state index contributed by atoms with van der Waals surface area (Å²) in [4.78, 5) is 14.7. The highest BCUT2D eigenvalue weighted by molar-refractivity contribution is 5.70. The van der Waals surface area contributed by atoms with Gasteiger partial charge < -0.3 is 10.4 Å². The Bertz CT molecular complexity index is 386. The van der Waals surface area contributed by atoms with Gasteiger partial charge in [0.2, 0.25) is 0 Å². The zero-order valence-electron chi connectivity index (χ0n) is 9.40. The summed E-state index contributed by atoms with van der Waals surface area (Å²) in [6.45, 7) is 0. The molecule has 1 aromatic heterocycles. The van der Waals surface area contributed by atoms with E-state index in [-0.39, 0.29) is 17.8 Å². The fourth-order valence-corrected chi connectivity index (χ4v) is 2.16. The van der Waals surface area contributed by atoms with Crippen molar-refractivity contribution in [3.63, 3.8) is 0 Å². The van der Waals surface area contributed by atoms with E-state index < -0.39 is 5.97 Å². The molecule has 1 saturated carbocycles. The number of carbonyl (C=O) groups is 1. The molecule has 0 aliphatic heterocycles. The van der Waals surface area contributed by atoms with Crippen LogP contribution in [-0.2, 0) is 4.79 Å². The van der Waals surface area contributed by atoms with Gasteiger partial charge in [0.25, 0.3) is 0 Å². The van der Waals surface area contributed by atoms with Crippen molar-refractivity contribution in [1.29, 1.82) is 0 Å². The molecule has 0 radical (unpaired) electrons. The number of nitrogens with one attached hydrogen (secondary N) is 1. The molecule has 1 aromatic rings. The molecule has 0 unspecified atom stereocenters. The van der Waals surface area contributed by atoms with Crippen LogP contribution in [0, 0.1) is 11.7 Å². The topological polar surface area (TPSA) is 62.2 Å². The van der Waals surface area contributed by atoms with Gasteiger partial charge in [-0.2, -0.15) is 0 Å². The van der Waals surface area contributed by atoms with Crippen molar-refractivity contribution < 1.29 is 14.3 Å². The van der Waals surface area contributed by atoms with Gasteiger partial charge in [-0.15, -0.1) is 0 Å². The molecule has 0 saturated heterocycles. The monoisotopic (exact) mass is 238 g/mol. The van der Waals surface area contributed by atoms with E-state index >= 15 is 0 Å². The lowest BCUT2D eigenvalue weighted by atomic mass is 9.86. The fourth-order valence-electron chi connectivity index (χ4n) is 2.16. The first-order valence-electron chi connectivity index (χ1n) is 5.76. The van der Waals surface area contributed by atoms with Crippen LogP contribution in [0.3, 0.4) is 0 Å². The van der Waals surface area contributed by atoms with Gasteiger partial charge >= 0.3 is 5.97 Å². The Morgan fingerprint density at radius 1 is 1.35 bits per heavy atom. The van der Waals surface area contributed by atoms with Gasteiger partial charge in [-0.05, 0) is 37.8 Å². The number of hydrogen-bond donors (Lipinski definition) is 2. The maximum absolute atomic E-state index is 12.6. The molecule has 1 aliphatic rings. The van der Waals surface area contributed by atoms with E-state index in [1.54, 1.807) is 6.07 Å². The van der Waals surface area contributed by atoms with Crippen molar-refractivity contribution >= 4 is 11.8 Å². The number of pyridine rings is 1. The summed E-state index contributed by atoms with van der Waals surface area (Å²) in [5.74, 6) is -0.632. The number of anilines is 1. The number of hydrogen-bond acceptors (Lipinski definition) is 3. The standard InChI is InChI=1S/C12H15FN2O2/c13-9-3-6-11(14-7-9)15-10-4-1-8(2-5-10)12(16)17/h3,6-8,10H,1-2,4-5H2,(H,14,15)(H,16,17). The Morgan fingerprint density at radius 2 is 2.06 bits per heavy atom. The van der Waals surface area contributed by atoms with Crippen LogP contribution in [0.4, 0.5) is 10.2 Å². The number of rotatable bonds is 3. The summed E-state index contributed by atoms with van der Waals surface area (Å²) in [7, 11) is 0. The van der Waals surface area contributed by atoms with Crippen LogP contribution < -0.4 is 5.32 Å². The second kappa shape index (κ2) is 5.12. The molecular weight excluding hydrogens is 223 g/mol. The molecule has 2 rings (SSSR count). The average molecular weight is 238 g/mol. The highest BCUT2D eigenvalue weighted by atomic mass is 19.1. The second-order valence-corrected chi connectivity index (χ2v) is 4.39. The fraction of sp³-hybridized carbons (Fsp3) is 0.500. The smallest absolute Gasteiger partial charge is 0.306 e.